The summed E-state index contributed by atoms with van der Waals surface area (Å²) in [4.78, 5) is 27.3. The van der Waals surface area contributed by atoms with E-state index >= 15 is 0 Å². The number of ether oxygens (including phenoxy) is 2. The van der Waals surface area contributed by atoms with Gasteiger partial charge in [0.05, 0.1) is 13.2 Å². The lowest BCUT2D eigenvalue weighted by atomic mass is 9.66. The number of carbonyl (C=O) groups is 2. The van der Waals surface area contributed by atoms with Crippen molar-refractivity contribution in [2.75, 3.05) is 32.8 Å². The Morgan fingerprint density at radius 1 is 1.24 bits per heavy atom. The number of carbonyl (C=O) groups excluding carboxylic acids is 2. The Balaban J connectivity index is 1.77. The average molecular weight is 298 g/mol. The molecule has 1 spiro atoms. The van der Waals surface area contributed by atoms with Gasteiger partial charge < -0.3 is 14.4 Å². The van der Waals surface area contributed by atoms with Crippen LogP contribution in [0.5, 0.6) is 0 Å². The lowest BCUT2D eigenvalue weighted by Gasteiger charge is -2.64. The molecule has 2 fully saturated rings. The average Bonchev–Trinajstić information content (AvgIpc) is 2.28. The fourth-order valence-corrected chi connectivity index (χ4v) is 3.05. The van der Waals surface area contributed by atoms with E-state index in [-0.39, 0.29) is 17.5 Å². The van der Waals surface area contributed by atoms with Gasteiger partial charge in [0.1, 0.15) is 5.60 Å². The molecule has 0 aromatic carbocycles. The van der Waals surface area contributed by atoms with Crippen molar-refractivity contribution in [1.29, 1.82) is 0 Å². The van der Waals surface area contributed by atoms with E-state index in [9.17, 15) is 9.59 Å². The van der Waals surface area contributed by atoms with Crippen LogP contribution in [0, 0.1) is 5.41 Å². The zero-order chi connectivity index (χ0) is 15.8. The van der Waals surface area contributed by atoms with Crippen molar-refractivity contribution < 1.29 is 19.1 Å². The lowest BCUT2D eigenvalue weighted by Crippen LogP contribution is -2.77. The van der Waals surface area contributed by atoms with Crippen LogP contribution in [0.1, 0.15) is 34.6 Å². The van der Waals surface area contributed by atoms with Gasteiger partial charge in [-0.25, -0.2) is 4.79 Å². The molecule has 1 unspecified atom stereocenters. The fraction of sp³-hybridized carbons (Fsp3) is 0.867. The Morgan fingerprint density at radius 3 is 2.33 bits per heavy atom. The highest BCUT2D eigenvalue weighted by Crippen LogP contribution is 2.45. The molecule has 0 aliphatic carbocycles. The van der Waals surface area contributed by atoms with E-state index in [0.717, 1.165) is 6.54 Å². The van der Waals surface area contributed by atoms with Gasteiger partial charge in [0.25, 0.3) is 0 Å². The molecule has 0 aromatic heterocycles. The summed E-state index contributed by atoms with van der Waals surface area (Å²) in [6.45, 7) is 12.5. The molecule has 0 N–H and O–H groups in total. The van der Waals surface area contributed by atoms with E-state index in [1.54, 1.807) is 4.90 Å². The highest BCUT2D eigenvalue weighted by molar-refractivity contribution is 5.72. The molecule has 0 bridgehead atoms. The molecule has 120 valence electrons. The number of rotatable bonds is 3. The van der Waals surface area contributed by atoms with Gasteiger partial charge >= 0.3 is 12.1 Å². The highest BCUT2D eigenvalue weighted by Gasteiger charge is 2.59. The second-order valence-electron chi connectivity index (χ2n) is 7.08. The van der Waals surface area contributed by atoms with Crippen molar-refractivity contribution in [3.05, 3.63) is 0 Å². The van der Waals surface area contributed by atoms with Gasteiger partial charge in [-0.15, -0.1) is 0 Å². The normalized spacial score (nSPS) is 24.2. The first-order valence-electron chi connectivity index (χ1n) is 7.54. The quantitative estimate of drug-likeness (QED) is 0.739. The van der Waals surface area contributed by atoms with Crippen LogP contribution >= 0.6 is 0 Å². The fourth-order valence-electron chi connectivity index (χ4n) is 3.05. The summed E-state index contributed by atoms with van der Waals surface area (Å²) in [6.07, 6.45) is -0.246. The van der Waals surface area contributed by atoms with E-state index < -0.39 is 5.60 Å². The van der Waals surface area contributed by atoms with E-state index in [2.05, 4.69) is 11.8 Å². The van der Waals surface area contributed by atoms with Gasteiger partial charge in [0.2, 0.25) is 0 Å². The standard InChI is InChI=1S/C15H26N2O4/c1-6-20-12(18)7-16-8-15(11(16)2)9-17(10-15)13(19)21-14(3,4)5/h11H,6-10H2,1-5H3. The van der Waals surface area contributed by atoms with Gasteiger partial charge in [0, 0.05) is 31.1 Å². The Hall–Kier alpha value is -1.30. The number of nitrogens with zero attached hydrogens (tertiary/aromatic N) is 2. The summed E-state index contributed by atoms with van der Waals surface area (Å²) in [7, 11) is 0. The molecule has 6 nitrogen and oxygen atoms in total. The van der Waals surface area contributed by atoms with Crippen molar-refractivity contribution >= 4 is 12.1 Å². The maximum atomic E-state index is 11.9. The molecule has 0 saturated carbocycles. The third kappa shape index (κ3) is 3.31. The molecule has 6 heteroatoms. The Labute approximate surface area is 126 Å². The summed E-state index contributed by atoms with van der Waals surface area (Å²) < 4.78 is 10.3. The maximum Gasteiger partial charge on any atom is 0.410 e. The molecule has 2 aliphatic heterocycles. The largest absolute Gasteiger partial charge is 0.465 e. The predicted octanol–water partition coefficient (Wildman–Crippen LogP) is 1.49. The number of esters is 1. The minimum Gasteiger partial charge on any atom is -0.465 e. The topological polar surface area (TPSA) is 59.1 Å². The van der Waals surface area contributed by atoms with Crippen LogP contribution in [0.2, 0.25) is 0 Å². The van der Waals surface area contributed by atoms with E-state index in [1.807, 2.05) is 27.7 Å². The number of hydrogen-bond acceptors (Lipinski definition) is 5. The first kappa shape index (κ1) is 16.1. The third-order valence-corrected chi connectivity index (χ3v) is 4.25. The zero-order valence-electron chi connectivity index (χ0n) is 13.6. The molecule has 2 saturated heterocycles. The van der Waals surface area contributed by atoms with Gasteiger partial charge in [-0.05, 0) is 34.6 Å². The summed E-state index contributed by atoms with van der Waals surface area (Å²) in [6, 6.07) is 0.292. The van der Waals surface area contributed by atoms with Gasteiger partial charge in [-0.3, -0.25) is 9.69 Å². The van der Waals surface area contributed by atoms with Crippen LogP contribution in [0.3, 0.4) is 0 Å². The minimum absolute atomic E-state index is 0.128. The van der Waals surface area contributed by atoms with Crippen LogP contribution in [-0.2, 0) is 14.3 Å². The number of hydrogen-bond donors (Lipinski definition) is 0. The van der Waals surface area contributed by atoms with Crippen LogP contribution in [-0.4, -0.2) is 66.3 Å². The Kier molecular flexibility index (Phi) is 4.19. The van der Waals surface area contributed by atoms with Gasteiger partial charge in [-0.2, -0.15) is 0 Å². The summed E-state index contributed by atoms with van der Waals surface area (Å²) in [5.41, 5.74) is -0.329. The van der Waals surface area contributed by atoms with E-state index in [1.165, 1.54) is 0 Å². The van der Waals surface area contributed by atoms with Crippen molar-refractivity contribution in [2.45, 2.75) is 46.3 Å². The molecular formula is C15H26N2O4. The van der Waals surface area contributed by atoms with Crippen LogP contribution in [0.25, 0.3) is 0 Å². The predicted molar refractivity (Wildman–Crippen MR) is 77.9 cm³/mol. The third-order valence-electron chi connectivity index (χ3n) is 4.25. The smallest absolute Gasteiger partial charge is 0.410 e. The molecule has 21 heavy (non-hydrogen) atoms. The molecule has 1 atom stereocenters. The molecular weight excluding hydrogens is 272 g/mol. The Morgan fingerprint density at radius 2 is 1.86 bits per heavy atom. The first-order valence-corrected chi connectivity index (χ1v) is 7.54. The first-order chi connectivity index (χ1) is 9.67. The lowest BCUT2D eigenvalue weighted by molar-refractivity contribution is -0.170. The van der Waals surface area contributed by atoms with Gasteiger partial charge in [0.15, 0.2) is 0 Å². The molecule has 0 aromatic rings. The summed E-state index contributed by atoms with van der Waals surface area (Å²) in [5.74, 6) is -0.178. The van der Waals surface area contributed by atoms with E-state index in [0.29, 0.717) is 32.3 Å². The van der Waals surface area contributed by atoms with Crippen LogP contribution < -0.4 is 0 Å². The second-order valence-corrected chi connectivity index (χ2v) is 7.08. The molecule has 2 heterocycles. The minimum atomic E-state index is -0.457. The number of amides is 1. The number of likely N-dealkylation sites (tertiary alicyclic amines) is 2. The highest BCUT2D eigenvalue weighted by atomic mass is 16.6. The van der Waals surface area contributed by atoms with Crippen LogP contribution in [0.15, 0.2) is 0 Å². The van der Waals surface area contributed by atoms with Crippen molar-refractivity contribution in [3.63, 3.8) is 0 Å². The van der Waals surface area contributed by atoms with Crippen LogP contribution in [0.4, 0.5) is 4.79 Å². The zero-order valence-corrected chi connectivity index (χ0v) is 13.6. The van der Waals surface area contributed by atoms with Gasteiger partial charge in [-0.1, -0.05) is 0 Å². The summed E-state index contributed by atoms with van der Waals surface area (Å²) in [5, 5.41) is 0. The molecule has 1 amide bonds. The molecule has 2 rings (SSSR count). The Bertz CT molecular complexity index is 424. The van der Waals surface area contributed by atoms with Crippen molar-refractivity contribution in [1.82, 2.24) is 9.80 Å². The monoisotopic (exact) mass is 298 g/mol. The molecule has 2 aliphatic rings. The second kappa shape index (κ2) is 5.48. The summed E-state index contributed by atoms with van der Waals surface area (Å²) >= 11 is 0. The van der Waals surface area contributed by atoms with Crippen molar-refractivity contribution in [3.8, 4) is 0 Å². The maximum absolute atomic E-state index is 11.9. The van der Waals surface area contributed by atoms with Crippen molar-refractivity contribution in [2.24, 2.45) is 5.41 Å². The molecule has 0 radical (unpaired) electrons. The SMILES string of the molecule is CCOC(=O)CN1CC2(CN(C(=O)OC(C)(C)C)C2)C1C. The van der Waals surface area contributed by atoms with E-state index in [4.69, 9.17) is 9.47 Å².